The van der Waals surface area contributed by atoms with Crippen molar-refractivity contribution < 1.29 is 9.53 Å². The number of ether oxygens (including phenoxy) is 1. The first-order chi connectivity index (χ1) is 7.27. The van der Waals surface area contributed by atoms with Gasteiger partial charge >= 0.3 is 5.97 Å². The van der Waals surface area contributed by atoms with Gasteiger partial charge in [0.25, 0.3) is 0 Å². The fraction of sp³-hybridized carbons (Fsp3) is 0.286. The van der Waals surface area contributed by atoms with Gasteiger partial charge in [0, 0.05) is 0 Å². The molecule has 0 fully saturated rings. The Labute approximate surface area is 85.0 Å². The van der Waals surface area contributed by atoms with Crippen LogP contribution in [0.2, 0.25) is 0 Å². The smallest absolute Gasteiger partial charge is 0.369 e. The number of H-pyrrole nitrogens is 1. The summed E-state index contributed by atoms with van der Waals surface area (Å²) in [5.74, 6) is -0.556. The molecule has 0 saturated carbocycles. The van der Waals surface area contributed by atoms with E-state index in [1.54, 1.807) is 13.0 Å². The molecular weight excluding hydrogens is 200 g/mol. The van der Waals surface area contributed by atoms with Crippen molar-refractivity contribution in [2.45, 2.75) is 6.92 Å². The van der Waals surface area contributed by atoms with Crippen LogP contribution < -0.4 is 5.43 Å². The Morgan fingerprint density at radius 2 is 2.67 bits per heavy atom. The predicted octanol–water partition coefficient (Wildman–Crippen LogP) is -0.341. The van der Waals surface area contributed by atoms with E-state index in [1.165, 1.54) is 6.33 Å². The number of hydrazone groups is 1. The van der Waals surface area contributed by atoms with E-state index in [1.807, 2.05) is 0 Å². The minimum Gasteiger partial charge on any atom is -0.461 e. The van der Waals surface area contributed by atoms with E-state index in [0.717, 1.165) is 0 Å². The molecule has 0 aliphatic rings. The first-order valence-electron chi connectivity index (χ1n) is 4.04. The summed E-state index contributed by atoms with van der Waals surface area (Å²) >= 11 is 0. The van der Waals surface area contributed by atoms with Crippen LogP contribution in [0.5, 0.6) is 0 Å². The SMILES string of the molecule is CCOC(=O)/C(C#N)=N\Nc1ncn[nH]1. The number of hydrogen-bond donors (Lipinski definition) is 2. The Bertz CT molecular complexity index is 390. The zero-order valence-corrected chi connectivity index (χ0v) is 7.89. The van der Waals surface area contributed by atoms with Gasteiger partial charge in [0.15, 0.2) is 0 Å². The Balaban J connectivity index is 2.63. The molecule has 1 aromatic heterocycles. The minimum atomic E-state index is -0.785. The van der Waals surface area contributed by atoms with E-state index < -0.39 is 5.97 Å². The number of esters is 1. The average molecular weight is 208 g/mol. The number of rotatable bonds is 4. The predicted molar refractivity (Wildman–Crippen MR) is 49.7 cm³/mol. The van der Waals surface area contributed by atoms with E-state index in [0.29, 0.717) is 0 Å². The highest BCUT2D eigenvalue weighted by molar-refractivity contribution is 6.43. The van der Waals surface area contributed by atoms with Crippen LogP contribution in [0.4, 0.5) is 5.95 Å². The van der Waals surface area contributed by atoms with Gasteiger partial charge in [-0.15, -0.1) is 0 Å². The Hall–Kier alpha value is -2.43. The van der Waals surface area contributed by atoms with Gasteiger partial charge in [-0.2, -0.15) is 20.4 Å². The molecular formula is C7H8N6O2. The molecule has 0 aromatic carbocycles. The van der Waals surface area contributed by atoms with Gasteiger partial charge in [0.2, 0.25) is 11.7 Å². The van der Waals surface area contributed by atoms with Gasteiger partial charge in [-0.05, 0) is 6.92 Å². The number of aromatic nitrogens is 3. The molecule has 1 heterocycles. The lowest BCUT2D eigenvalue weighted by Crippen LogP contribution is -2.17. The van der Waals surface area contributed by atoms with E-state index in [9.17, 15) is 4.79 Å². The lowest BCUT2D eigenvalue weighted by atomic mass is 10.4. The molecule has 2 N–H and O–H groups in total. The van der Waals surface area contributed by atoms with Gasteiger partial charge in [-0.1, -0.05) is 0 Å². The molecule has 78 valence electrons. The summed E-state index contributed by atoms with van der Waals surface area (Å²) in [4.78, 5) is 14.8. The van der Waals surface area contributed by atoms with Crippen LogP contribution in [0.1, 0.15) is 6.92 Å². The van der Waals surface area contributed by atoms with Crippen LogP contribution in [0, 0.1) is 11.3 Å². The highest BCUT2D eigenvalue weighted by Gasteiger charge is 2.11. The van der Waals surface area contributed by atoms with E-state index in [4.69, 9.17) is 5.26 Å². The van der Waals surface area contributed by atoms with Crippen molar-refractivity contribution in [3.8, 4) is 6.07 Å². The summed E-state index contributed by atoms with van der Waals surface area (Å²) in [6.07, 6.45) is 1.26. The number of nitrogens with one attached hydrogen (secondary N) is 2. The van der Waals surface area contributed by atoms with Gasteiger partial charge in [-0.25, -0.2) is 15.3 Å². The second-order valence-electron chi connectivity index (χ2n) is 2.24. The summed E-state index contributed by atoms with van der Waals surface area (Å²) in [7, 11) is 0. The number of nitrogens with zero attached hydrogens (tertiary/aromatic N) is 4. The zero-order valence-electron chi connectivity index (χ0n) is 7.89. The molecule has 0 atom stereocenters. The Kier molecular flexibility index (Phi) is 3.79. The van der Waals surface area contributed by atoms with Gasteiger partial charge in [0.1, 0.15) is 12.4 Å². The molecule has 1 rings (SSSR count). The van der Waals surface area contributed by atoms with Crippen molar-refractivity contribution in [3.05, 3.63) is 6.33 Å². The summed E-state index contributed by atoms with van der Waals surface area (Å²) in [6, 6.07) is 1.60. The molecule has 0 amide bonds. The first kappa shape index (κ1) is 10.6. The standard InChI is InChI=1S/C7H8N6O2/c1-2-15-6(14)5(3-8)11-13-7-9-4-10-12-7/h4H,2H2,1H3,(H2,9,10,12,13)/b11-5-. The average Bonchev–Trinajstić information content (AvgIpc) is 2.72. The van der Waals surface area contributed by atoms with Crippen LogP contribution in [-0.4, -0.2) is 33.5 Å². The van der Waals surface area contributed by atoms with Gasteiger partial charge in [0.05, 0.1) is 6.61 Å². The first-order valence-corrected chi connectivity index (χ1v) is 4.04. The molecule has 0 unspecified atom stereocenters. The molecule has 0 saturated heterocycles. The lowest BCUT2D eigenvalue weighted by molar-refractivity contribution is -0.134. The molecule has 8 heteroatoms. The summed E-state index contributed by atoms with van der Waals surface area (Å²) < 4.78 is 4.59. The second kappa shape index (κ2) is 5.33. The molecule has 0 aliphatic carbocycles. The number of carbonyl (C=O) groups excluding carboxylic acids is 1. The minimum absolute atomic E-state index is 0.182. The van der Waals surface area contributed by atoms with Crippen molar-refractivity contribution in [2.24, 2.45) is 5.10 Å². The van der Waals surface area contributed by atoms with Crippen LogP contribution >= 0.6 is 0 Å². The maximum atomic E-state index is 11.1. The van der Waals surface area contributed by atoms with E-state index >= 15 is 0 Å². The van der Waals surface area contributed by atoms with Crippen LogP contribution in [-0.2, 0) is 9.53 Å². The summed E-state index contributed by atoms with van der Waals surface area (Å²) in [6.45, 7) is 1.82. The monoisotopic (exact) mass is 208 g/mol. The maximum absolute atomic E-state index is 11.1. The molecule has 0 aliphatic heterocycles. The van der Waals surface area contributed by atoms with Crippen molar-refractivity contribution in [1.82, 2.24) is 15.2 Å². The molecule has 8 nitrogen and oxygen atoms in total. The lowest BCUT2D eigenvalue weighted by Gasteiger charge is -1.98. The number of anilines is 1. The third-order valence-electron chi connectivity index (χ3n) is 1.26. The zero-order chi connectivity index (χ0) is 11.1. The van der Waals surface area contributed by atoms with Gasteiger partial charge in [-0.3, -0.25) is 0 Å². The molecule has 0 spiro atoms. The summed E-state index contributed by atoms with van der Waals surface area (Å²) in [5.41, 5.74) is 1.97. The van der Waals surface area contributed by atoms with Crippen molar-refractivity contribution in [2.75, 3.05) is 12.0 Å². The van der Waals surface area contributed by atoms with Crippen LogP contribution in [0.25, 0.3) is 0 Å². The Morgan fingerprint density at radius 1 is 1.87 bits per heavy atom. The quantitative estimate of drug-likeness (QED) is 0.397. The fourth-order valence-corrected chi connectivity index (χ4v) is 0.684. The third-order valence-corrected chi connectivity index (χ3v) is 1.26. The number of nitriles is 1. The number of hydrogen-bond acceptors (Lipinski definition) is 7. The second-order valence-corrected chi connectivity index (χ2v) is 2.24. The number of aromatic amines is 1. The van der Waals surface area contributed by atoms with Crippen molar-refractivity contribution >= 4 is 17.6 Å². The molecule has 0 bridgehead atoms. The highest BCUT2D eigenvalue weighted by Crippen LogP contribution is 1.92. The topological polar surface area (TPSA) is 116 Å². The maximum Gasteiger partial charge on any atom is 0.369 e. The molecule has 15 heavy (non-hydrogen) atoms. The van der Waals surface area contributed by atoms with Gasteiger partial charge < -0.3 is 4.74 Å². The van der Waals surface area contributed by atoms with Crippen LogP contribution in [0.15, 0.2) is 11.4 Å². The number of carbonyl (C=O) groups is 1. The largest absolute Gasteiger partial charge is 0.461 e. The van der Waals surface area contributed by atoms with E-state index in [2.05, 4.69) is 30.4 Å². The summed E-state index contributed by atoms with van der Waals surface area (Å²) in [5, 5.41) is 18.1. The van der Waals surface area contributed by atoms with E-state index in [-0.39, 0.29) is 18.3 Å². The fourth-order valence-electron chi connectivity index (χ4n) is 0.684. The third kappa shape index (κ3) is 3.07. The normalized spacial score (nSPS) is 10.5. The van der Waals surface area contributed by atoms with Crippen LogP contribution in [0.3, 0.4) is 0 Å². The molecule has 1 aromatic rings. The van der Waals surface area contributed by atoms with Crippen molar-refractivity contribution in [3.63, 3.8) is 0 Å². The highest BCUT2D eigenvalue weighted by atomic mass is 16.5. The molecule has 0 radical (unpaired) electrons. The Morgan fingerprint density at radius 3 is 3.20 bits per heavy atom. The van der Waals surface area contributed by atoms with Crippen molar-refractivity contribution in [1.29, 1.82) is 5.26 Å².